The molecule has 33 heavy (non-hydrogen) atoms. The summed E-state index contributed by atoms with van der Waals surface area (Å²) in [7, 11) is -1.71. The van der Waals surface area contributed by atoms with E-state index in [0.717, 1.165) is 16.9 Å². The summed E-state index contributed by atoms with van der Waals surface area (Å²) < 4.78 is 31.7. The van der Waals surface area contributed by atoms with Crippen LogP contribution in [0.15, 0.2) is 70.2 Å². The molecule has 0 aromatic heterocycles. The van der Waals surface area contributed by atoms with E-state index in [4.69, 9.17) is 4.74 Å². The summed E-state index contributed by atoms with van der Waals surface area (Å²) in [4.78, 5) is 30.9. The Balaban J connectivity index is 1.33. The van der Waals surface area contributed by atoms with Gasteiger partial charge in [-0.15, -0.1) is 0 Å². The number of carbonyl (C=O) groups is 2. The number of ether oxygens (including phenoxy) is 1. The minimum absolute atomic E-state index is 0.0331. The first-order valence-corrected chi connectivity index (χ1v) is 12.0. The third-order valence-corrected chi connectivity index (χ3v) is 7.26. The van der Waals surface area contributed by atoms with Crippen molar-refractivity contribution in [2.24, 2.45) is 4.99 Å². The van der Waals surface area contributed by atoms with Gasteiger partial charge in [-0.1, -0.05) is 44.2 Å². The number of hydrogen-bond donors (Lipinski definition) is 1. The van der Waals surface area contributed by atoms with E-state index in [9.17, 15) is 18.0 Å². The van der Waals surface area contributed by atoms with Crippen molar-refractivity contribution in [3.8, 4) is 0 Å². The van der Waals surface area contributed by atoms with Crippen molar-refractivity contribution in [3.63, 3.8) is 0 Å². The summed E-state index contributed by atoms with van der Waals surface area (Å²) >= 11 is 0. The minimum Gasteiger partial charge on any atom is -0.457 e. The number of carbonyl (C=O) groups excluding carboxylic acids is 2. The van der Waals surface area contributed by atoms with Crippen LogP contribution in [0.2, 0.25) is 0 Å². The molecule has 1 N–H and O–H groups in total. The number of amidine groups is 1. The van der Waals surface area contributed by atoms with Crippen molar-refractivity contribution >= 4 is 33.3 Å². The average Bonchev–Trinajstić information content (AvgIpc) is 3.15. The summed E-state index contributed by atoms with van der Waals surface area (Å²) in [5.74, 6) is -0.692. The molecule has 0 unspecified atom stereocenters. The molecule has 2 aliphatic rings. The van der Waals surface area contributed by atoms with E-state index in [2.05, 4.69) is 23.6 Å². The molecule has 0 radical (unpaired) electrons. The Morgan fingerprint density at radius 3 is 2.58 bits per heavy atom. The molecule has 0 bridgehead atoms. The van der Waals surface area contributed by atoms with Crippen LogP contribution in [0.1, 0.15) is 31.4 Å². The number of ketones is 1. The number of fused-ring (bicyclic) bond motifs is 2. The van der Waals surface area contributed by atoms with Crippen LogP contribution in [0.3, 0.4) is 0 Å². The molecule has 8 nitrogen and oxygen atoms in total. The standard InChI is InChI=1S/C24H25N3O5S/c1-24(2)18-9-5-6-10-19(18)27(3)21(24)14-16(28)15-32-22(29)12-13-25-23-17-8-4-7-11-20(17)33(30,31)26-23/h4-11,14H,12-13,15H2,1-3H3,(H,25,26)/b21-14+. The van der Waals surface area contributed by atoms with Gasteiger partial charge in [0.15, 0.2) is 12.4 Å². The number of sulfonamides is 1. The van der Waals surface area contributed by atoms with Crippen LogP contribution >= 0.6 is 0 Å². The third-order valence-electron chi connectivity index (χ3n) is 5.86. The monoisotopic (exact) mass is 467 g/mol. The van der Waals surface area contributed by atoms with Gasteiger partial charge in [0.2, 0.25) is 0 Å². The first-order valence-electron chi connectivity index (χ1n) is 10.5. The highest BCUT2D eigenvalue weighted by Crippen LogP contribution is 2.46. The second kappa shape index (κ2) is 8.47. The minimum atomic E-state index is -3.62. The van der Waals surface area contributed by atoms with Crippen LogP contribution in [0.5, 0.6) is 0 Å². The van der Waals surface area contributed by atoms with Gasteiger partial charge in [-0.3, -0.25) is 19.3 Å². The van der Waals surface area contributed by atoms with Crippen LogP contribution in [0.4, 0.5) is 5.69 Å². The molecular formula is C24H25N3O5S. The van der Waals surface area contributed by atoms with Gasteiger partial charge >= 0.3 is 5.97 Å². The summed E-state index contributed by atoms with van der Waals surface area (Å²) in [6.45, 7) is 3.77. The largest absolute Gasteiger partial charge is 0.457 e. The van der Waals surface area contributed by atoms with Gasteiger partial charge < -0.3 is 9.64 Å². The number of allylic oxidation sites excluding steroid dienone is 1. The van der Waals surface area contributed by atoms with Gasteiger partial charge in [0.25, 0.3) is 10.0 Å². The number of likely N-dealkylation sites (N-methyl/N-ethyl adjacent to an activating group) is 1. The number of rotatable bonds is 6. The molecule has 9 heteroatoms. The number of nitrogens with zero attached hydrogens (tertiary/aromatic N) is 2. The quantitative estimate of drug-likeness (QED) is 0.517. The lowest BCUT2D eigenvalue weighted by Crippen LogP contribution is -2.25. The molecule has 0 saturated heterocycles. The summed E-state index contributed by atoms with van der Waals surface area (Å²) in [5, 5.41) is 0. The Labute approximate surface area is 193 Å². The fourth-order valence-corrected chi connectivity index (χ4v) is 5.44. The van der Waals surface area contributed by atoms with E-state index in [1.54, 1.807) is 18.2 Å². The van der Waals surface area contributed by atoms with Gasteiger partial charge in [0, 0.05) is 35.5 Å². The van der Waals surface area contributed by atoms with Gasteiger partial charge in [-0.25, -0.2) is 8.42 Å². The molecule has 0 aliphatic carbocycles. The van der Waals surface area contributed by atoms with Crippen LogP contribution in [0, 0.1) is 0 Å². The molecule has 0 atom stereocenters. The fourth-order valence-electron chi connectivity index (χ4n) is 4.19. The number of aliphatic imine (C=N–C) groups is 1. The van der Waals surface area contributed by atoms with Crippen LogP contribution < -0.4 is 9.62 Å². The lowest BCUT2D eigenvalue weighted by atomic mass is 9.83. The number of para-hydroxylation sites is 1. The van der Waals surface area contributed by atoms with Crippen molar-refractivity contribution in [3.05, 3.63) is 71.4 Å². The van der Waals surface area contributed by atoms with Crippen molar-refractivity contribution in [2.75, 3.05) is 25.1 Å². The predicted molar refractivity (Wildman–Crippen MR) is 125 cm³/mol. The molecule has 0 spiro atoms. The second-order valence-electron chi connectivity index (χ2n) is 8.44. The van der Waals surface area contributed by atoms with Crippen molar-refractivity contribution in [1.82, 2.24) is 4.72 Å². The third kappa shape index (κ3) is 4.28. The van der Waals surface area contributed by atoms with E-state index >= 15 is 0 Å². The predicted octanol–water partition coefficient (Wildman–Crippen LogP) is 2.54. The topological polar surface area (TPSA) is 105 Å². The molecule has 0 amide bonds. The molecule has 2 aromatic rings. The lowest BCUT2D eigenvalue weighted by molar-refractivity contribution is -0.146. The number of anilines is 1. The Bertz CT molecular complexity index is 1290. The first kappa shape index (κ1) is 22.7. The summed E-state index contributed by atoms with van der Waals surface area (Å²) in [6.07, 6.45) is 1.45. The Morgan fingerprint density at radius 2 is 1.82 bits per heavy atom. The molecule has 172 valence electrons. The van der Waals surface area contributed by atoms with Gasteiger partial charge in [-0.2, -0.15) is 0 Å². The van der Waals surface area contributed by atoms with Crippen molar-refractivity contribution in [2.45, 2.75) is 30.6 Å². The summed E-state index contributed by atoms with van der Waals surface area (Å²) in [6, 6.07) is 14.5. The van der Waals surface area contributed by atoms with E-state index < -0.39 is 16.0 Å². The molecule has 0 saturated carbocycles. The van der Waals surface area contributed by atoms with E-state index in [0.29, 0.717) is 5.56 Å². The molecule has 0 fully saturated rings. The highest BCUT2D eigenvalue weighted by atomic mass is 32.2. The highest BCUT2D eigenvalue weighted by molar-refractivity contribution is 7.90. The smallest absolute Gasteiger partial charge is 0.308 e. The molecule has 2 aromatic carbocycles. The molecule has 4 rings (SSSR count). The Kier molecular flexibility index (Phi) is 5.84. The maximum absolute atomic E-state index is 12.5. The van der Waals surface area contributed by atoms with Crippen molar-refractivity contribution in [1.29, 1.82) is 0 Å². The number of benzene rings is 2. The van der Waals surface area contributed by atoms with Crippen LogP contribution in [0.25, 0.3) is 0 Å². The molecular weight excluding hydrogens is 442 g/mol. The maximum atomic E-state index is 12.5. The lowest BCUT2D eigenvalue weighted by Gasteiger charge is -2.23. The fraction of sp³-hybridized carbons (Fsp3) is 0.292. The van der Waals surface area contributed by atoms with Gasteiger partial charge in [-0.05, 0) is 23.8 Å². The average molecular weight is 468 g/mol. The zero-order valence-electron chi connectivity index (χ0n) is 18.7. The zero-order valence-corrected chi connectivity index (χ0v) is 19.5. The molecule has 2 aliphatic heterocycles. The number of nitrogens with one attached hydrogen (secondary N) is 1. The Hall–Kier alpha value is -3.46. The summed E-state index contributed by atoms with van der Waals surface area (Å²) in [5.41, 5.74) is 3.14. The van der Waals surface area contributed by atoms with Gasteiger partial charge in [0.1, 0.15) is 5.84 Å². The van der Waals surface area contributed by atoms with E-state index in [1.165, 1.54) is 12.1 Å². The molecule has 2 heterocycles. The zero-order chi connectivity index (χ0) is 23.8. The normalized spacial score (nSPS) is 19.8. The van der Waals surface area contributed by atoms with E-state index in [1.807, 2.05) is 36.2 Å². The van der Waals surface area contributed by atoms with E-state index in [-0.39, 0.29) is 41.5 Å². The van der Waals surface area contributed by atoms with Crippen LogP contribution in [-0.4, -0.2) is 46.2 Å². The second-order valence-corrected chi connectivity index (χ2v) is 10.1. The number of hydrogen-bond acceptors (Lipinski definition) is 7. The SMILES string of the molecule is CN1/C(=C/C(=O)COC(=O)CCN=C2NS(=O)(=O)c3ccccc32)C(C)(C)c2ccccc21. The van der Waals surface area contributed by atoms with Crippen LogP contribution in [-0.2, 0) is 29.8 Å². The Morgan fingerprint density at radius 1 is 1.12 bits per heavy atom. The highest BCUT2D eigenvalue weighted by Gasteiger charge is 2.38. The van der Waals surface area contributed by atoms with Gasteiger partial charge in [0.05, 0.1) is 17.9 Å². The first-order chi connectivity index (χ1) is 15.6. The number of esters is 1. The maximum Gasteiger partial charge on any atom is 0.308 e. The van der Waals surface area contributed by atoms with Crippen molar-refractivity contribution < 1.29 is 22.7 Å².